The Morgan fingerprint density at radius 1 is 1.35 bits per heavy atom. The van der Waals surface area contributed by atoms with Crippen LogP contribution in [-0.2, 0) is 0 Å². The van der Waals surface area contributed by atoms with Crippen molar-refractivity contribution in [3.63, 3.8) is 0 Å². The first kappa shape index (κ1) is 10.7. The molecule has 0 amide bonds. The lowest BCUT2D eigenvalue weighted by atomic mass is 10.2. The van der Waals surface area contributed by atoms with Crippen molar-refractivity contribution in [2.24, 2.45) is 0 Å². The lowest BCUT2D eigenvalue weighted by molar-refractivity contribution is -0.384. The molecule has 0 aliphatic rings. The maximum atomic E-state index is 10.5. The van der Waals surface area contributed by atoms with E-state index in [1.54, 1.807) is 0 Å². The van der Waals surface area contributed by atoms with Crippen molar-refractivity contribution in [2.45, 2.75) is 0 Å². The van der Waals surface area contributed by atoms with Crippen LogP contribution < -0.4 is 0 Å². The van der Waals surface area contributed by atoms with Crippen LogP contribution in [0.15, 0.2) is 28.8 Å². The minimum Gasteiger partial charge on any atom is -0.474 e. The second-order valence-corrected chi connectivity index (χ2v) is 3.03. The molecule has 0 aliphatic carbocycles. The van der Waals surface area contributed by atoms with E-state index in [1.807, 2.05) is 0 Å². The minimum absolute atomic E-state index is 0.0669. The maximum absolute atomic E-state index is 10.5. The zero-order chi connectivity index (χ0) is 12.4. The van der Waals surface area contributed by atoms with Gasteiger partial charge in [0.2, 0.25) is 5.82 Å². The number of nitro benzene ring substituents is 1. The van der Waals surface area contributed by atoms with E-state index in [1.165, 1.54) is 24.3 Å². The minimum atomic E-state index is -1.33. The van der Waals surface area contributed by atoms with Crippen LogP contribution in [0.5, 0.6) is 0 Å². The molecular weight excluding hydrogens is 230 g/mol. The topological polar surface area (TPSA) is 119 Å². The van der Waals surface area contributed by atoms with Crippen LogP contribution in [0.25, 0.3) is 11.4 Å². The summed E-state index contributed by atoms with van der Waals surface area (Å²) in [6.07, 6.45) is 0. The summed E-state index contributed by atoms with van der Waals surface area (Å²) in [5.41, 5.74) is 0.363. The molecule has 2 aromatic rings. The second-order valence-electron chi connectivity index (χ2n) is 3.03. The molecule has 0 saturated heterocycles. The molecule has 0 aliphatic heterocycles. The van der Waals surface area contributed by atoms with E-state index in [2.05, 4.69) is 14.7 Å². The lowest BCUT2D eigenvalue weighted by Gasteiger charge is -1.93. The van der Waals surface area contributed by atoms with E-state index >= 15 is 0 Å². The number of non-ortho nitro benzene ring substituents is 1. The first-order chi connectivity index (χ1) is 8.08. The number of carboxylic acid groups (broad SMARTS) is 1. The number of rotatable bonds is 3. The number of carbonyl (C=O) groups is 1. The van der Waals surface area contributed by atoms with Crippen LogP contribution in [0.1, 0.15) is 10.7 Å². The van der Waals surface area contributed by atoms with Crippen LogP contribution in [0.4, 0.5) is 5.69 Å². The van der Waals surface area contributed by atoms with Crippen molar-refractivity contribution in [2.75, 3.05) is 0 Å². The Balaban J connectivity index is 2.33. The van der Waals surface area contributed by atoms with Crippen molar-refractivity contribution >= 4 is 11.7 Å². The fraction of sp³-hybridized carbons (Fsp3) is 0. The van der Waals surface area contributed by atoms with Crippen LogP contribution in [0.2, 0.25) is 0 Å². The summed E-state index contributed by atoms with van der Waals surface area (Å²) in [6.45, 7) is 0. The Kier molecular flexibility index (Phi) is 2.53. The first-order valence-electron chi connectivity index (χ1n) is 4.40. The summed E-state index contributed by atoms with van der Waals surface area (Å²) >= 11 is 0. The molecule has 8 heteroatoms. The average Bonchev–Trinajstić information content (AvgIpc) is 2.78. The molecule has 0 atom stereocenters. The normalized spacial score (nSPS) is 10.1. The third-order valence-corrected chi connectivity index (χ3v) is 1.95. The number of nitrogens with zero attached hydrogens (tertiary/aromatic N) is 3. The summed E-state index contributed by atoms with van der Waals surface area (Å²) in [6, 6.07) is 5.36. The molecule has 0 saturated carbocycles. The molecule has 0 spiro atoms. The zero-order valence-electron chi connectivity index (χ0n) is 8.23. The van der Waals surface area contributed by atoms with Gasteiger partial charge in [-0.1, -0.05) is 5.16 Å². The number of nitro groups is 1. The van der Waals surface area contributed by atoms with Crippen LogP contribution in [-0.4, -0.2) is 26.1 Å². The number of carboxylic acids is 1. The molecule has 1 aromatic heterocycles. The van der Waals surface area contributed by atoms with E-state index in [-0.39, 0.29) is 11.5 Å². The molecule has 0 radical (unpaired) electrons. The Morgan fingerprint density at radius 3 is 2.47 bits per heavy atom. The number of hydrogen-bond acceptors (Lipinski definition) is 6. The van der Waals surface area contributed by atoms with E-state index < -0.39 is 16.8 Å². The summed E-state index contributed by atoms with van der Waals surface area (Å²) in [5.74, 6) is -1.79. The van der Waals surface area contributed by atoms with Crippen molar-refractivity contribution in [3.8, 4) is 11.4 Å². The maximum Gasteiger partial charge on any atom is 0.394 e. The zero-order valence-corrected chi connectivity index (χ0v) is 8.23. The van der Waals surface area contributed by atoms with Gasteiger partial charge in [0.15, 0.2) is 0 Å². The summed E-state index contributed by atoms with van der Waals surface area (Å²) in [4.78, 5) is 24.0. The van der Waals surface area contributed by atoms with Crippen LogP contribution >= 0.6 is 0 Å². The van der Waals surface area contributed by atoms with Crippen molar-refractivity contribution in [1.29, 1.82) is 0 Å². The van der Waals surface area contributed by atoms with E-state index in [0.717, 1.165) is 0 Å². The van der Waals surface area contributed by atoms with Crippen LogP contribution in [0.3, 0.4) is 0 Å². The van der Waals surface area contributed by atoms with Gasteiger partial charge in [-0.15, -0.1) is 0 Å². The molecule has 1 N–H and O–H groups in total. The third-order valence-electron chi connectivity index (χ3n) is 1.95. The highest BCUT2D eigenvalue weighted by Gasteiger charge is 2.15. The largest absolute Gasteiger partial charge is 0.474 e. The third kappa shape index (κ3) is 2.09. The lowest BCUT2D eigenvalue weighted by Crippen LogP contribution is -1.95. The number of aromatic nitrogens is 2. The summed E-state index contributed by atoms with van der Waals surface area (Å²) in [7, 11) is 0. The first-order valence-corrected chi connectivity index (χ1v) is 4.40. The summed E-state index contributed by atoms with van der Waals surface area (Å²) in [5, 5.41) is 22.4. The Labute approximate surface area is 93.6 Å². The predicted molar refractivity (Wildman–Crippen MR) is 53.3 cm³/mol. The van der Waals surface area contributed by atoms with Crippen molar-refractivity contribution in [3.05, 3.63) is 40.3 Å². The Morgan fingerprint density at radius 2 is 2.00 bits per heavy atom. The number of hydrogen-bond donors (Lipinski definition) is 1. The standard InChI is InChI=1S/C9H5N3O5/c13-9(14)8-10-7(11-17-8)5-1-3-6(4-2-5)12(15)16/h1-4H,(H,13,14). The van der Waals surface area contributed by atoms with E-state index in [4.69, 9.17) is 5.11 Å². The predicted octanol–water partition coefficient (Wildman–Crippen LogP) is 1.34. The average molecular weight is 235 g/mol. The SMILES string of the molecule is O=C(O)c1nc(-c2ccc([N+](=O)[O-])cc2)no1. The highest BCUT2D eigenvalue weighted by atomic mass is 16.6. The van der Waals surface area contributed by atoms with Gasteiger partial charge >= 0.3 is 11.9 Å². The second kappa shape index (κ2) is 4.00. The highest BCUT2D eigenvalue weighted by molar-refractivity contribution is 5.82. The fourth-order valence-electron chi connectivity index (χ4n) is 1.16. The molecule has 8 nitrogen and oxygen atoms in total. The van der Waals surface area contributed by atoms with Gasteiger partial charge in [-0.3, -0.25) is 10.1 Å². The molecule has 1 aromatic carbocycles. The van der Waals surface area contributed by atoms with Gasteiger partial charge in [-0.05, 0) is 12.1 Å². The van der Waals surface area contributed by atoms with Gasteiger partial charge < -0.3 is 9.63 Å². The van der Waals surface area contributed by atoms with E-state index in [9.17, 15) is 14.9 Å². The van der Waals surface area contributed by atoms with Gasteiger partial charge in [-0.25, -0.2) is 4.79 Å². The number of aromatic carboxylic acids is 1. The van der Waals surface area contributed by atoms with Crippen molar-refractivity contribution in [1.82, 2.24) is 10.1 Å². The monoisotopic (exact) mass is 235 g/mol. The Hall–Kier alpha value is -2.77. The molecular formula is C9H5N3O5. The van der Waals surface area contributed by atoms with Gasteiger partial charge in [0.25, 0.3) is 5.69 Å². The van der Waals surface area contributed by atoms with Gasteiger partial charge in [-0.2, -0.15) is 4.98 Å². The summed E-state index contributed by atoms with van der Waals surface area (Å²) < 4.78 is 4.46. The molecule has 2 rings (SSSR count). The van der Waals surface area contributed by atoms with Crippen molar-refractivity contribution < 1.29 is 19.3 Å². The van der Waals surface area contributed by atoms with E-state index in [0.29, 0.717) is 5.56 Å². The quantitative estimate of drug-likeness (QED) is 0.629. The van der Waals surface area contributed by atoms with Gasteiger partial charge in [0.05, 0.1) is 4.92 Å². The smallest absolute Gasteiger partial charge is 0.394 e. The number of benzene rings is 1. The fourth-order valence-corrected chi connectivity index (χ4v) is 1.16. The van der Waals surface area contributed by atoms with Gasteiger partial charge in [0, 0.05) is 17.7 Å². The molecule has 0 bridgehead atoms. The van der Waals surface area contributed by atoms with Crippen LogP contribution in [0, 0.1) is 10.1 Å². The van der Waals surface area contributed by atoms with Gasteiger partial charge in [0.1, 0.15) is 0 Å². The highest BCUT2D eigenvalue weighted by Crippen LogP contribution is 2.19. The molecule has 17 heavy (non-hydrogen) atoms. The molecule has 0 fully saturated rings. The molecule has 86 valence electrons. The Bertz CT molecular complexity index is 575. The molecule has 1 heterocycles. The molecule has 0 unspecified atom stereocenters.